The van der Waals surface area contributed by atoms with Crippen LogP contribution in [0.15, 0.2) is 17.5 Å². The van der Waals surface area contributed by atoms with Gasteiger partial charge in [-0.15, -0.1) is 11.3 Å². The molecule has 0 radical (unpaired) electrons. The fourth-order valence-electron chi connectivity index (χ4n) is 3.10. The Labute approximate surface area is 114 Å². The molecule has 0 aliphatic heterocycles. The normalized spacial score (nSPS) is 31.6. The molecule has 0 spiro atoms. The van der Waals surface area contributed by atoms with Crippen LogP contribution in [-0.2, 0) is 9.59 Å². The van der Waals surface area contributed by atoms with Gasteiger partial charge in [0.25, 0.3) is 0 Å². The van der Waals surface area contributed by atoms with Crippen LogP contribution in [0.4, 0.5) is 5.13 Å². The lowest BCUT2D eigenvalue weighted by Crippen LogP contribution is -2.42. The highest BCUT2D eigenvalue weighted by molar-refractivity contribution is 7.13. The molecule has 1 aromatic rings. The van der Waals surface area contributed by atoms with Gasteiger partial charge in [0.1, 0.15) is 0 Å². The molecule has 5 nitrogen and oxygen atoms in total. The van der Waals surface area contributed by atoms with Crippen molar-refractivity contribution in [2.75, 3.05) is 5.32 Å². The number of nitrogens with zero attached hydrogens (tertiary/aromatic N) is 1. The first-order valence-electron chi connectivity index (χ1n) is 6.18. The second-order valence-electron chi connectivity index (χ2n) is 5.10. The lowest BCUT2D eigenvalue weighted by Gasteiger charge is -2.27. The zero-order valence-corrected chi connectivity index (χ0v) is 11.1. The molecule has 1 aromatic heterocycles. The molecular formula is C13H13N2O3S-. The zero-order chi connectivity index (χ0) is 13.6. The SMILES string of the molecule is Cc1csc(NC(=O)[C@H]2[C@H](C(=O)[O-])[C@H]3C=C[C@@H]2C3)n1. The Bertz CT molecular complexity index is 566. The molecule has 1 saturated carbocycles. The van der Waals surface area contributed by atoms with Crippen LogP contribution in [-0.4, -0.2) is 16.9 Å². The van der Waals surface area contributed by atoms with Crippen LogP contribution in [0.2, 0.25) is 0 Å². The number of carbonyl (C=O) groups excluding carboxylic acids is 2. The largest absolute Gasteiger partial charge is 0.550 e. The maximum Gasteiger partial charge on any atom is 0.230 e. The van der Waals surface area contributed by atoms with E-state index in [1.807, 2.05) is 24.5 Å². The van der Waals surface area contributed by atoms with Crippen LogP contribution in [0.5, 0.6) is 0 Å². The Morgan fingerprint density at radius 2 is 2.05 bits per heavy atom. The Balaban J connectivity index is 1.79. The number of amides is 1. The summed E-state index contributed by atoms with van der Waals surface area (Å²) in [6.45, 7) is 1.84. The molecule has 1 N–H and O–H groups in total. The molecule has 1 amide bonds. The third-order valence-corrected chi connectivity index (χ3v) is 4.76. The third-order valence-electron chi connectivity index (χ3n) is 3.88. The van der Waals surface area contributed by atoms with Crippen LogP contribution >= 0.6 is 11.3 Å². The van der Waals surface area contributed by atoms with E-state index >= 15 is 0 Å². The van der Waals surface area contributed by atoms with Gasteiger partial charge in [-0.05, 0) is 25.2 Å². The van der Waals surface area contributed by atoms with Gasteiger partial charge in [-0.1, -0.05) is 12.2 Å². The number of aromatic nitrogens is 1. The van der Waals surface area contributed by atoms with Crippen molar-refractivity contribution in [3.8, 4) is 0 Å². The number of nitrogens with one attached hydrogen (secondary N) is 1. The third kappa shape index (κ3) is 2.06. The second kappa shape index (κ2) is 4.45. The minimum Gasteiger partial charge on any atom is -0.550 e. The van der Waals surface area contributed by atoms with E-state index in [2.05, 4.69) is 10.3 Å². The summed E-state index contributed by atoms with van der Waals surface area (Å²) in [4.78, 5) is 27.6. The summed E-state index contributed by atoms with van der Waals surface area (Å²) >= 11 is 1.34. The highest BCUT2D eigenvalue weighted by atomic mass is 32.1. The lowest BCUT2D eigenvalue weighted by molar-refractivity contribution is -0.313. The van der Waals surface area contributed by atoms with E-state index in [4.69, 9.17) is 0 Å². The number of rotatable bonds is 3. The van der Waals surface area contributed by atoms with Crippen molar-refractivity contribution < 1.29 is 14.7 Å². The first-order valence-corrected chi connectivity index (χ1v) is 7.06. The van der Waals surface area contributed by atoms with Gasteiger partial charge >= 0.3 is 0 Å². The van der Waals surface area contributed by atoms with Crippen molar-refractivity contribution in [1.82, 2.24) is 4.98 Å². The Morgan fingerprint density at radius 1 is 1.37 bits per heavy atom. The number of anilines is 1. The molecule has 6 heteroatoms. The van der Waals surface area contributed by atoms with E-state index in [1.54, 1.807) is 0 Å². The molecule has 0 aromatic carbocycles. The number of carbonyl (C=O) groups is 2. The van der Waals surface area contributed by atoms with Gasteiger partial charge in [-0.3, -0.25) is 4.79 Å². The van der Waals surface area contributed by atoms with Gasteiger partial charge < -0.3 is 15.2 Å². The molecule has 3 rings (SSSR count). The van der Waals surface area contributed by atoms with E-state index in [0.717, 1.165) is 12.1 Å². The molecule has 2 aliphatic carbocycles. The van der Waals surface area contributed by atoms with E-state index in [0.29, 0.717) is 5.13 Å². The van der Waals surface area contributed by atoms with Gasteiger partial charge in [0.15, 0.2) is 5.13 Å². The van der Waals surface area contributed by atoms with E-state index in [1.165, 1.54) is 11.3 Å². The zero-order valence-electron chi connectivity index (χ0n) is 10.3. The molecule has 0 saturated heterocycles. The average Bonchev–Trinajstić information content (AvgIpc) is 3.03. The molecule has 2 bridgehead atoms. The first-order chi connectivity index (χ1) is 9.06. The number of fused-ring (bicyclic) bond motifs is 2. The summed E-state index contributed by atoms with van der Waals surface area (Å²) in [5.74, 6) is -2.70. The standard InChI is InChI=1S/C13H14N2O3S/c1-6-5-19-13(14-6)15-11(16)9-7-2-3-8(4-7)10(9)12(17)18/h2-3,5,7-10H,4H2,1H3,(H,17,18)(H,14,15,16)/p-1/t7-,8+,9-,10-/m1/s1. The number of hydrogen-bond donors (Lipinski definition) is 1. The molecule has 2 aliphatic rings. The average molecular weight is 277 g/mol. The fraction of sp³-hybridized carbons (Fsp3) is 0.462. The van der Waals surface area contributed by atoms with Crippen LogP contribution in [0.3, 0.4) is 0 Å². The van der Waals surface area contributed by atoms with E-state index in [-0.39, 0.29) is 17.7 Å². The number of aryl methyl sites for hydroxylation is 1. The number of hydrogen-bond acceptors (Lipinski definition) is 5. The van der Waals surface area contributed by atoms with Crippen LogP contribution < -0.4 is 10.4 Å². The molecule has 1 heterocycles. The topological polar surface area (TPSA) is 82.1 Å². The van der Waals surface area contributed by atoms with Crippen molar-refractivity contribution in [3.05, 3.63) is 23.2 Å². The number of aliphatic carboxylic acids is 1. The van der Waals surface area contributed by atoms with Gasteiger partial charge in [0.2, 0.25) is 5.91 Å². The van der Waals surface area contributed by atoms with Gasteiger partial charge in [0, 0.05) is 17.3 Å². The monoisotopic (exact) mass is 277 g/mol. The van der Waals surface area contributed by atoms with Crippen LogP contribution in [0.1, 0.15) is 12.1 Å². The summed E-state index contributed by atoms with van der Waals surface area (Å²) < 4.78 is 0. The molecule has 19 heavy (non-hydrogen) atoms. The smallest absolute Gasteiger partial charge is 0.230 e. The first kappa shape index (κ1) is 12.3. The highest BCUT2D eigenvalue weighted by Crippen LogP contribution is 2.48. The molecule has 0 unspecified atom stereocenters. The Kier molecular flexibility index (Phi) is 2.89. The van der Waals surface area contributed by atoms with Gasteiger partial charge in [0.05, 0.1) is 11.6 Å². The summed E-state index contributed by atoms with van der Waals surface area (Å²) in [6.07, 6.45) is 4.57. The predicted molar refractivity (Wildman–Crippen MR) is 68.2 cm³/mol. The van der Waals surface area contributed by atoms with E-state index < -0.39 is 17.8 Å². The molecular weight excluding hydrogens is 264 g/mol. The maximum absolute atomic E-state index is 12.3. The molecule has 1 fully saturated rings. The fourth-order valence-corrected chi connectivity index (χ4v) is 3.79. The maximum atomic E-state index is 12.3. The van der Waals surface area contributed by atoms with Crippen molar-refractivity contribution in [2.24, 2.45) is 23.7 Å². The van der Waals surface area contributed by atoms with Crippen molar-refractivity contribution in [2.45, 2.75) is 13.3 Å². The number of carboxylic acid groups (broad SMARTS) is 1. The van der Waals surface area contributed by atoms with Crippen LogP contribution in [0, 0.1) is 30.6 Å². The summed E-state index contributed by atoms with van der Waals surface area (Å²) in [6, 6.07) is 0. The minimum absolute atomic E-state index is 0.00830. The Morgan fingerprint density at radius 3 is 2.63 bits per heavy atom. The quantitative estimate of drug-likeness (QED) is 0.819. The predicted octanol–water partition coefficient (Wildman–Crippen LogP) is 0.578. The van der Waals surface area contributed by atoms with Crippen molar-refractivity contribution in [3.63, 3.8) is 0 Å². The van der Waals surface area contributed by atoms with E-state index in [9.17, 15) is 14.7 Å². The van der Waals surface area contributed by atoms with Crippen LogP contribution in [0.25, 0.3) is 0 Å². The minimum atomic E-state index is -1.13. The molecule has 100 valence electrons. The molecule has 4 atom stereocenters. The van der Waals surface area contributed by atoms with Crippen molar-refractivity contribution in [1.29, 1.82) is 0 Å². The second-order valence-corrected chi connectivity index (χ2v) is 5.96. The summed E-state index contributed by atoms with van der Waals surface area (Å²) in [7, 11) is 0. The Hall–Kier alpha value is -1.69. The van der Waals surface area contributed by atoms with Gasteiger partial charge in [-0.2, -0.15) is 0 Å². The number of thiazole rings is 1. The summed E-state index contributed by atoms with van der Waals surface area (Å²) in [5.41, 5.74) is 0.838. The van der Waals surface area contributed by atoms with Gasteiger partial charge in [-0.25, -0.2) is 4.98 Å². The number of allylic oxidation sites excluding steroid dienone is 2. The summed E-state index contributed by atoms with van der Waals surface area (Å²) in [5, 5.41) is 16.3. The highest BCUT2D eigenvalue weighted by Gasteiger charge is 2.48. The number of carboxylic acids is 1. The van der Waals surface area contributed by atoms with Crippen molar-refractivity contribution >= 4 is 28.3 Å². The lowest BCUT2D eigenvalue weighted by atomic mass is 9.82.